The van der Waals surface area contributed by atoms with Crippen molar-refractivity contribution in [3.63, 3.8) is 0 Å². The van der Waals surface area contributed by atoms with E-state index >= 15 is 0 Å². The number of aromatic nitrogens is 2. The van der Waals surface area contributed by atoms with Crippen molar-refractivity contribution >= 4 is 27.3 Å². The Balaban J connectivity index is 1.83. The van der Waals surface area contributed by atoms with Gasteiger partial charge in [-0.05, 0) is 61.2 Å². The van der Waals surface area contributed by atoms with Crippen LogP contribution in [0.15, 0.2) is 46.6 Å². The van der Waals surface area contributed by atoms with E-state index < -0.39 is 0 Å². The van der Waals surface area contributed by atoms with Crippen LogP contribution in [0.1, 0.15) is 39.8 Å². The highest BCUT2D eigenvalue weighted by Gasteiger charge is 2.19. The average molecular weight is 435 g/mol. The van der Waals surface area contributed by atoms with E-state index in [-0.39, 0.29) is 23.7 Å². The van der Waals surface area contributed by atoms with Gasteiger partial charge in [-0.25, -0.2) is 9.37 Å². The number of nitrogens with zero attached hydrogens (tertiary/aromatic N) is 2. The van der Waals surface area contributed by atoms with Gasteiger partial charge in [0.05, 0.1) is 11.9 Å². The molecule has 0 aliphatic rings. The standard InChI is InChI=1S/C25H23FN2O2S/c1-5-22-27-24-23(19(13-31-24)17-7-6-14(2)15(3)10-17)25(30)28(22)12-21(29)18-8-9-20(26)16(4)11-18/h6-11,13H,5,12H2,1-4H3. The Bertz CT molecular complexity index is 1380. The van der Waals surface area contributed by atoms with E-state index in [1.54, 1.807) is 6.92 Å². The van der Waals surface area contributed by atoms with Crippen molar-refractivity contribution < 1.29 is 9.18 Å². The van der Waals surface area contributed by atoms with Crippen LogP contribution in [0.4, 0.5) is 4.39 Å². The molecule has 0 saturated heterocycles. The first-order chi connectivity index (χ1) is 14.8. The molecule has 2 aromatic heterocycles. The summed E-state index contributed by atoms with van der Waals surface area (Å²) in [6, 6.07) is 10.4. The number of ketones is 1. The van der Waals surface area contributed by atoms with Crippen molar-refractivity contribution in [2.75, 3.05) is 0 Å². The summed E-state index contributed by atoms with van der Waals surface area (Å²) in [6.07, 6.45) is 0.526. The minimum atomic E-state index is -0.359. The molecule has 6 heteroatoms. The van der Waals surface area contributed by atoms with Gasteiger partial charge in [-0.2, -0.15) is 0 Å². The van der Waals surface area contributed by atoms with Crippen LogP contribution in [-0.4, -0.2) is 15.3 Å². The number of carbonyl (C=O) groups is 1. The zero-order chi connectivity index (χ0) is 22.3. The zero-order valence-corrected chi connectivity index (χ0v) is 18.8. The predicted molar refractivity (Wildman–Crippen MR) is 124 cm³/mol. The summed E-state index contributed by atoms with van der Waals surface area (Å²) >= 11 is 1.44. The van der Waals surface area contributed by atoms with E-state index in [2.05, 4.69) is 18.0 Å². The van der Waals surface area contributed by atoms with E-state index in [0.29, 0.717) is 33.6 Å². The molecule has 31 heavy (non-hydrogen) atoms. The summed E-state index contributed by atoms with van der Waals surface area (Å²) in [6.45, 7) is 7.50. The summed E-state index contributed by atoms with van der Waals surface area (Å²) in [4.78, 5) is 31.8. The maximum Gasteiger partial charge on any atom is 0.263 e. The van der Waals surface area contributed by atoms with Gasteiger partial charge in [0.2, 0.25) is 0 Å². The van der Waals surface area contributed by atoms with Gasteiger partial charge in [0.1, 0.15) is 16.5 Å². The highest BCUT2D eigenvalue weighted by atomic mass is 32.1. The number of rotatable bonds is 5. The molecule has 2 heterocycles. The number of benzene rings is 2. The third kappa shape index (κ3) is 3.83. The molecular weight excluding hydrogens is 411 g/mol. The normalized spacial score (nSPS) is 11.3. The quantitative estimate of drug-likeness (QED) is 0.382. The smallest absolute Gasteiger partial charge is 0.263 e. The van der Waals surface area contributed by atoms with Crippen molar-refractivity contribution in [3.05, 3.63) is 86.0 Å². The Morgan fingerprint density at radius 3 is 2.52 bits per heavy atom. The van der Waals surface area contributed by atoms with E-state index in [4.69, 9.17) is 0 Å². The lowest BCUT2D eigenvalue weighted by molar-refractivity contribution is 0.0969. The molecule has 158 valence electrons. The minimum absolute atomic E-state index is 0.127. The maximum absolute atomic E-state index is 13.6. The third-order valence-corrected chi connectivity index (χ3v) is 6.56. The monoisotopic (exact) mass is 434 g/mol. The number of hydrogen-bond donors (Lipinski definition) is 0. The molecule has 2 aromatic carbocycles. The summed E-state index contributed by atoms with van der Waals surface area (Å²) in [7, 11) is 0. The number of Topliss-reactive ketones (excluding diaryl/α,β-unsaturated/α-hetero) is 1. The second kappa shape index (κ2) is 8.19. The molecule has 0 fully saturated rings. The fourth-order valence-electron chi connectivity index (χ4n) is 3.67. The van der Waals surface area contributed by atoms with Gasteiger partial charge in [0, 0.05) is 22.9 Å². The van der Waals surface area contributed by atoms with Crippen LogP contribution in [0.3, 0.4) is 0 Å². The van der Waals surface area contributed by atoms with E-state index in [1.165, 1.54) is 39.7 Å². The molecule has 0 unspecified atom stereocenters. The molecule has 0 amide bonds. The summed E-state index contributed by atoms with van der Waals surface area (Å²) < 4.78 is 15.1. The second-order valence-corrected chi connectivity index (χ2v) is 8.65. The molecular formula is C25H23FN2O2S. The molecule has 4 rings (SSSR count). The number of halogens is 1. The van der Waals surface area contributed by atoms with Gasteiger partial charge in [-0.15, -0.1) is 11.3 Å². The Hall–Kier alpha value is -3.12. The van der Waals surface area contributed by atoms with E-state index in [0.717, 1.165) is 16.7 Å². The molecule has 0 aliphatic heterocycles. The lowest BCUT2D eigenvalue weighted by Gasteiger charge is -2.12. The highest BCUT2D eigenvalue weighted by Crippen LogP contribution is 2.32. The number of fused-ring (bicyclic) bond motifs is 1. The van der Waals surface area contributed by atoms with Crippen LogP contribution in [0.25, 0.3) is 21.3 Å². The zero-order valence-electron chi connectivity index (χ0n) is 18.0. The third-order valence-electron chi connectivity index (χ3n) is 5.69. The average Bonchev–Trinajstić information content (AvgIpc) is 3.18. The molecule has 0 spiro atoms. The Morgan fingerprint density at radius 2 is 1.84 bits per heavy atom. The number of aryl methyl sites for hydroxylation is 4. The Labute approximate surface area is 184 Å². The van der Waals surface area contributed by atoms with Gasteiger partial charge in [0.25, 0.3) is 5.56 Å². The van der Waals surface area contributed by atoms with Crippen molar-refractivity contribution in [1.82, 2.24) is 9.55 Å². The molecule has 0 radical (unpaired) electrons. The van der Waals surface area contributed by atoms with Crippen molar-refractivity contribution in [2.24, 2.45) is 0 Å². The van der Waals surface area contributed by atoms with Crippen molar-refractivity contribution in [2.45, 2.75) is 40.7 Å². The van der Waals surface area contributed by atoms with E-state index in [9.17, 15) is 14.0 Å². The lowest BCUT2D eigenvalue weighted by Crippen LogP contribution is -2.28. The van der Waals surface area contributed by atoms with Crippen LogP contribution in [0, 0.1) is 26.6 Å². The van der Waals surface area contributed by atoms with Crippen LogP contribution >= 0.6 is 11.3 Å². The predicted octanol–water partition coefficient (Wildman–Crippen LogP) is 5.63. The van der Waals surface area contributed by atoms with Crippen LogP contribution in [0.5, 0.6) is 0 Å². The maximum atomic E-state index is 13.6. The summed E-state index contributed by atoms with van der Waals surface area (Å²) in [5.41, 5.74) is 4.70. The van der Waals surface area contributed by atoms with Crippen molar-refractivity contribution in [1.29, 1.82) is 0 Å². The van der Waals surface area contributed by atoms with Gasteiger partial charge in [-0.1, -0.05) is 25.1 Å². The second-order valence-electron chi connectivity index (χ2n) is 7.79. The minimum Gasteiger partial charge on any atom is -0.292 e. The lowest BCUT2D eigenvalue weighted by atomic mass is 10.0. The fraction of sp³-hybridized carbons (Fsp3) is 0.240. The molecule has 0 bridgehead atoms. The number of thiophene rings is 1. The largest absolute Gasteiger partial charge is 0.292 e. The van der Waals surface area contributed by atoms with Crippen molar-refractivity contribution in [3.8, 4) is 11.1 Å². The molecule has 0 atom stereocenters. The SMILES string of the molecule is CCc1nc2scc(-c3ccc(C)c(C)c3)c2c(=O)n1CC(=O)c1ccc(F)c(C)c1. The topological polar surface area (TPSA) is 52.0 Å². The van der Waals surface area contributed by atoms with Crippen LogP contribution in [-0.2, 0) is 13.0 Å². The van der Waals surface area contributed by atoms with Gasteiger partial charge >= 0.3 is 0 Å². The molecule has 0 aliphatic carbocycles. The number of hydrogen-bond acceptors (Lipinski definition) is 4. The highest BCUT2D eigenvalue weighted by molar-refractivity contribution is 7.17. The summed E-state index contributed by atoms with van der Waals surface area (Å²) in [5.74, 6) is -0.0375. The first kappa shape index (κ1) is 21.1. The molecule has 0 N–H and O–H groups in total. The Morgan fingerprint density at radius 1 is 1.06 bits per heavy atom. The van der Waals surface area contributed by atoms with Crippen LogP contribution in [0.2, 0.25) is 0 Å². The fourth-order valence-corrected chi connectivity index (χ4v) is 4.63. The van der Waals surface area contributed by atoms with Gasteiger partial charge in [0.15, 0.2) is 5.78 Å². The first-order valence-corrected chi connectivity index (χ1v) is 11.1. The molecule has 4 aromatic rings. The molecule has 0 saturated carbocycles. The van der Waals surface area contributed by atoms with Gasteiger partial charge in [-0.3, -0.25) is 14.2 Å². The summed E-state index contributed by atoms with van der Waals surface area (Å²) in [5, 5.41) is 2.49. The number of carbonyl (C=O) groups excluding carboxylic acids is 1. The Kier molecular flexibility index (Phi) is 5.58. The van der Waals surface area contributed by atoms with Crippen LogP contribution < -0.4 is 5.56 Å². The van der Waals surface area contributed by atoms with Gasteiger partial charge < -0.3 is 0 Å². The van der Waals surface area contributed by atoms with E-state index in [1.807, 2.05) is 31.4 Å². The molecule has 4 nitrogen and oxygen atoms in total. The first-order valence-electron chi connectivity index (χ1n) is 10.2.